The van der Waals surface area contributed by atoms with E-state index < -0.39 is 18.2 Å². The number of amides is 1. The van der Waals surface area contributed by atoms with Crippen molar-refractivity contribution in [1.82, 2.24) is 5.32 Å². The number of carbonyl (C=O) groups excluding carboxylic acids is 1. The third kappa shape index (κ3) is 4.20. The highest BCUT2D eigenvalue weighted by molar-refractivity contribution is 5.82. The lowest BCUT2D eigenvalue weighted by molar-refractivity contribution is -0.151. The maximum Gasteiger partial charge on any atom is 0.332 e. The molecular weight excluding hydrogens is 246 g/mol. The first kappa shape index (κ1) is 14.3. The van der Waals surface area contributed by atoms with Gasteiger partial charge in [-0.2, -0.15) is 0 Å². The number of carbonyl (C=O) groups is 2. The summed E-state index contributed by atoms with van der Waals surface area (Å²) in [6.45, 7) is 0.682. The summed E-state index contributed by atoms with van der Waals surface area (Å²) in [4.78, 5) is 22.6. The van der Waals surface area contributed by atoms with Crippen molar-refractivity contribution in [2.45, 2.75) is 63.6 Å². The van der Waals surface area contributed by atoms with Gasteiger partial charge in [0.15, 0.2) is 6.10 Å². The van der Waals surface area contributed by atoms with Crippen molar-refractivity contribution >= 4 is 11.9 Å². The minimum absolute atomic E-state index is 0.153. The van der Waals surface area contributed by atoms with Gasteiger partial charge in [0.1, 0.15) is 6.10 Å². The van der Waals surface area contributed by atoms with Crippen LogP contribution in [-0.4, -0.2) is 35.7 Å². The first-order valence-electron chi connectivity index (χ1n) is 7.33. The SMILES string of the molecule is O=C(O)C1CCC(C(=O)NCCC2CCCCC2)O1. The quantitative estimate of drug-likeness (QED) is 0.796. The van der Waals surface area contributed by atoms with E-state index in [0.29, 0.717) is 19.4 Å². The van der Waals surface area contributed by atoms with Crippen LogP contribution in [0.3, 0.4) is 0 Å². The Morgan fingerprint density at radius 2 is 1.74 bits per heavy atom. The molecule has 108 valence electrons. The van der Waals surface area contributed by atoms with Crippen LogP contribution in [0.15, 0.2) is 0 Å². The molecule has 2 rings (SSSR count). The topological polar surface area (TPSA) is 75.6 Å². The summed E-state index contributed by atoms with van der Waals surface area (Å²) in [5, 5.41) is 11.7. The van der Waals surface area contributed by atoms with Crippen LogP contribution in [0.5, 0.6) is 0 Å². The lowest BCUT2D eigenvalue weighted by Crippen LogP contribution is -2.36. The molecule has 19 heavy (non-hydrogen) atoms. The van der Waals surface area contributed by atoms with E-state index in [1.807, 2.05) is 0 Å². The summed E-state index contributed by atoms with van der Waals surface area (Å²) in [7, 11) is 0. The number of rotatable bonds is 5. The standard InChI is InChI=1S/C14H23NO4/c16-13(11-6-7-12(19-11)14(17)18)15-9-8-10-4-2-1-3-5-10/h10-12H,1-9H2,(H,15,16)(H,17,18). The predicted molar refractivity (Wildman–Crippen MR) is 69.7 cm³/mol. The number of carboxylic acid groups (broad SMARTS) is 1. The Hall–Kier alpha value is -1.10. The Morgan fingerprint density at radius 1 is 1.05 bits per heavy atom. The van der Waals surface area contributed by atoms with Crippen molar-refractivity contribution in [2.24, 2.45) is 5.92 Å². The van der Waals surface area contributed by atoms with Gasteiger partial charge in [-0.1, -0.05) is 32.1 Å². The maximum absolute atomic E-state index is 11.8. The third-order valence-electron chi connectivity index (χ3n) is 4.16. The summed E-state index contributed by atoms with van der Waals surface area (Å²) in [6.07, 6.45) is 7.09. The summed E-state index contributed by atoms with van der Waals surface area (Å²) in [5.74, 6) is -0.387. The molecular formula is C14H23NO4. The fourth-order valence-electron chi connectivity index (χ4n) is 3.00. The van der Waals surface area contributed by atoms with Gasteiger partial charge in [0.2, 0.25) is 5.91 Å². The summed E-state index contributed by atoms with van der Waals surface area (Å²) >= 11 is 0. The van der Waals surface area contributed by atoms with Gasteiger partial charge in [0, 0.05) is 6.54 Å². The molecule has 1 amide bonds. The summed E-state index contributed by atoms with van der Waals surface area (Å²) in [6, 6.07) is 0. The first-order chi connectivity index (χ1) is 9.16. The van der Waals surface area contributed by atoms with Crippen LogP contribution in [0, 0.1) is 5.92 Å². The second-order valence-electron chi connectivity index (χ2n) is 5.61. The number of aliphatic carboxylic acids is 1. The molecule has 2 aliphatic rings. The van der Waals surface area contributed by atoms with E-state index in [0.717, 1.165) is 12.3 Å². The van der Waals surface area contributed by atoms with E-state index in [-0.39, 0.29) is 5.91 Å². The molecule has 1 heterocycles. The fourth-order valence-corrected chi connectivity index (χ4v) is 3.00. The molecule has 1 saturated carbocycles. The molecule has 2 unspecified atom stereocenters. The van der Waals surface area contributed by atoms with Gasteiger partial charge >= 0.3 is 5.97 Å². The van der Waals surface area contributed by atoms with Gasteiger partial charge in [-0.15, -0.1) is 0 Å². The zero-order valence-corrected chi connectivity index (χ0v) is 11.3. The molecule has 2 atom stereocenters. The van der Waals surface area contributed by atoms with Crippen LogP contribution >= 0.6 is 0 Å². The molecule has 2 fully saturated rings. The highest BCUT2D eigenvalue weighted by Crippen LogP contribution is 2.26. The number of ether oxygens (including phenoxy) is 1. The van der Waals surface area contributed by atoms with Crippen LogP contribution in [0.4, 0.5) is 0 Å². The fraction of sp³-hybridized carbons (Fsp3) is 0.857. The Balaban J connectivity index is 1.63. The van der Waals surface area contributed by atoms with Crippen LogP contribution < -0.4 is 5.32 Å². The molecule has 1 aliphatic heterocycles. The molecule has 2 N–H and O–H groups in total. The first-order valence-corrected chi connectivity index (χ1v) is 7.33. The number of hydrogen-bond acceptors (Lipinski definition) is 3. The van der Waals surface area contributed by atoms with E-state index in [9.17, 15) is 9.59 Å². The summed E-state index contributed by atoms with van der Waals surface area (Å²) < 4.78 is 5.22. The smallest absolute Gasteiger partial charge is 0.332 e. The van der Waals surface area contributed by atoms with Gasteiger partial charge in [-0.05, 0) is 25.2 Å². The Labute approximate surface area is 113 Å². The Kier molecular flexibility index (Phi) is 5.19. The molecule has 5 heteroatoms. The monoisotopic (exact) mass is 269 g/mol. The molecule has 0 aromatic carbocycles. The lowest BCUT2D eigenvalue weighted by Gasteiger charge is -2.21. The zero-order chi connectivity index (χ0) is 13.7. The largest absolute Gasteiger partial charge is 0.479 e. The van der Waals surface area contributed by atoms with Crippen LogP contribution in [0.25, 0.3) is 0 Å². The molecule has 1 aliphatic carbocycles. The van der Waals surface area contributed by atoms with Crippen molar-refractivity contribution in [3.63, 3.8) is 0 Å². The zero-order valence-electron chi connectivity index (χ0n) is 11.3. The van der Waals surface area contributed by atoms with E-state index in [4.69, 9.17) is 9.84 Å². The highest BCUT2D eigenvalue weighted by Gasteiger charge is 2.34. The molecule has 1 saturated heterocycles. The second-order valence-corrected chi connectivity index (χ2v) is 5.61. The van der Waals surface area contributed by atoms with Crippen molar-refractivity contribution < 1.29 is 19.4 Å². The van der Waals surface area contributed by atoms with E-state index in [2.05, 4.69) is 5.32 Å². The molecule has 0 aromatic heterocycles. The Bertz CT molecular complexity index is 325. The van der Waals surface area contributed by atoms with E-state index in [1.54, 1.807) is 0 Å². The maximum atomic E-state index is 11.8. The highest BCUT2D eigenvalue weighted by atomic mass is 16.5. The van der Waals surface area contributed by atoms with Crippen molar-refractivity contribution in [3.8, 4) is 0 Å². The molecule has 0 radical (unpaired) electrons. The second kappa shape index (κ2) is 6.89. The van der Waals surface area contributed by atoms with Crippen LogP contribution in [0.1, 0.15) is 51.4 Å². The number of carboxylic acids is 1. The minimum Gasteiger partial charge on any atom is -0.479 e. The van der Waals surface area contributed by atoms with Gasteiger partial charge in [0.25, 0.3) is 0 Å². The predicted octanol–water partition coefficient (Wildman–Crippen LogP) is 1.71. The average Bonchev–Trinajstić information content (AvgIpc) is 2.89. The molecule has 5 nitrogen and oxygen atoms in total. The van der Waals surface area contributed by atoms with Crippen molar-refractivity contribution in [2.75, 3.05) is 6.54 Å². The van der Waals surface area contributed by atoms with Gasteiger partial charge in [-0.3, -0.25) is 4.79 Å². The van der Waals surface area contributed by atoms with Crippen molar-refractivity contribution in [1.29, 1.82) is 0 Å². The Morgan fingerprint density at radius 3 is 2.37 bits per heavy atom. The average molecular weight is 269 g/mol. The minimum atomic E-state index is -0.975. The van der Waals surface area contributed by atoms with Crippen molar-refractivity contribution in [3.05, 3.63) is 0 Å². The third-order valence-corrected chi connectivity index (χ3v) is 4.16. The lowest BCUT2D eigenvalue weighted by atomic mass is 9.87. The molecule has 0 aromatic rings. The van der Waals surface area contributed by atoms with E-state index >= 15 is 0 Å². The van der Waals surface area contributed by atoms with Crippen LogP contribution in [0.2, 0.25) is 0 Å². The normalized spacial score (nSPS) is 28.2. The van der Waals surface area contributed by atoms with Crippen LogP contribution in [-0.2, 0) is 14.3 Å². The summed E-state index contributed by atoms with van der Waals surface area (Å²) in [5.41, 5.74) is 0. The number of nitrogens with one attached hydrogen (secondary N) is 1. The number of hydrogen-bond donors (Lipinski definition) is 2. The van der Waals surface area contributed by atoms with Gasteiger partial charge in [-0.25, -0.2) is 4.79 Å². The van der Waals surface area contributed by atoms with Gasteiger partial charge in [0.05, 0.1) is 0 Å². The molecule has 0 spiro atoms. The molecule has 0 bridgehead atoms. The van der Waals surface area contributed by atoms with E-state index in [1.165, 1.54) is 32.1 Å². The van der Waals surface area contributed by atoms with Gasteiger partial charge < -0.3 is 15.2 Å².